The third-order valence-electron chi connectivity index (χ3n) is 6.16. The van der Waals surface area contributed by atoms with Crippen LogP contribution in [0.5, 0.6) is 11.5 Å². The molecule has 0 amide bonds. The van der Waals surface area contributed by atoms with E-state index in [0.29, 0.717) is 40.2 Å². The third kappa shape index (κ3) is 6.64. The summed E-state index contributed by atoms with van der Waals surface area (Å²) in [6.07, 6.45) is 2.41. The number of aliphatic hydroxyl groups excluding tert-OH is 2. The van der Waals surface area contributed by atoms with Gasteiger partial charge in [0.25, 0.3) is 0 Å². The van der Waals surface area contributed by atoms with Gasteiger partial charge in [-0.3, -0.25) is 0 Å². The van der Waals surface area contributed by atoms with Crippen LogP contribution in [-0.2, 0) is 6.61 Å². The van der Waals surface area contributed by atoms with E-state index in [1.54, 1.807) is 12.3 Å². The quantitative estimate of drug-likeness (QED) is 0.0888. The highest BCUT2D eigenvalue weighted by Crippen LogP contribution is 2.42. The molecule has 0 spiro atoms. The Hall–Kier alpha value is -3.80. The highest BCUT2D eigenvalue weighted by Gasteiger charge is 2.26. The maximum absolute atomic E-state index is 11.5. The van der Waals surface area contributed by atoms with Gasteiger partial charge in [-0.25, -0.2) is 15.0 Å². The van der Waals surface area contributed by atoms with E-state index in [9.17, 15) is 10.3 Å². The molecule has 42 heavy (non-hydrogen) atoms. The molecule has 0 saturated carbocycles. The van der Waals surface area contributed by atoms with Gasteiger partial charge in [-0.15, -0.1) is 0 Å². The predicted octanol–water partition coefficient (Wildman–Crippen LogP) is 6.25. The predicted molar refractivity (Wildman–Crippen MR) is 162 cm³/mol. The zero-order valence-corrected chi connectivity index (χ0v) is 24.6. The molecule has 216 valence electrons. The Morgan fingerprint density at radius 3 is 2.40 bits per heavy atom. The van der Waals surface area contributed by atoms with Gasteiger partial charge in [-0.2, -0.15) is 4.73 Å². The normalized spacial score (nSPS) is 11.8. The zero-order valence-electron chi connectivity index (χ0n) is 22.3. The van der Waals surface area contributed by atoms with Crippen molar-refractivity contribution in [1.29, 1.82) is 0 Å². The minimum atomic E-state index is -1.06. The summed E-state index contributed by atoms with van der Waals surface area (Å²) in [5, 5.41) is 31.0. The molecule has 0 bridgehead atoms. The Balaban J connectivity index is 1.58. The molecule has 3 N–H and O–H groups in total. The number of thioether (sulfide) groups is 1. The molecule has 3 aromatic carbocycles. The fraction of sp³-hybridized carbons (Fsp3) is 0.167. The standard InChI is InChI=1S/C30H26Cl2N4O5S/c1-42-30-33-11-10-25(34-30)28-27(19-8-5-9-21(12-19)40-16-18-6-3-2-4-7-18)35-29(36(28)39)26-23(31)13-22(14-24(26)32)41-17-20(38)15-37/h2-14,20,37-39H,15-17H2,1H3. The molecule has 0 aliphatic rings. The Morgan fingerprint density at radius 2 is 1.69 bits per heavy atom. The van der Waals surface area contributed by atoms with Crippen molar-refractivity contribution in [2.75, 3.05) is 19.5 Å². The highest BCUT2D eigenvalue weighted by molar-refractivity contribution is 7.98. The second-order valence-electron chi connectivity index (χ2n) is 9.08. The van der Waals surface area contributed by atoms with Gasteiger partial charge in [0.1, 0.15) is 42.2 Å². The number of imidazole rings is 1. The molecule has 0 aliphatic carbocycles. The van der Waals surface area contributed by atoms with E-state index in [2.05, 4.69) is 9.97 Å². The molecule has 1 unspecified atom stereocenters. The summed E-state index contributed by atoms with van der Waals surface area (Å²) in [6, 6.07) is 21.9. The molecule has 1 atom stereocenters. The molecular formula is C30H26Cl2N4O5S. The molecule has 0 saturated heterocycles. The van der Waals surface area contributed by atoms with Crippen LogP contribution in [0.4, 0.5) is 0 Å². The van der Waals surface area contributed by atoms with E-state index in [-0.39, 0.29) is 33.8 Å². The topological polar surface area (TPSA) is 123 Å². The first-order valence-electron chi connectivity index (χ1n) is 12.8. The minimum absolute atomic E-state index is 0.0804. The molecule has 0 radical (unpaired) electrons. The van der Waals surface area contributed by atoms with Crippen molar-refractivity contribution < 1.29 is 24.9 Å². The summed E-state index contributed by atoms with van der Waals surface area (Å²) < 4.78 is 12.4. The van der Waals surface area contributed by atoms with Crippen molar-refractivity contribution in [3.63, 3.8) is 0 Å². The molecule has 5 aromatic rings. The average molecular weight is 626 g/mol. The van der Waals surface area contributed by atoms with Gasteiger partial charge in [0.05, 0.1) is 27.9 Å². The summed E-state index contributed by atoms with van der Waals surface area (Å²) in [6.45, 7) is -0.221. The van der Waals surface area contributed by atoms with E-state index in [1.165, 1.54) is 23.9 Å². The van der Waals surface area contributed by atoms with E-state index in [1.807, 2.05) is 60.9 Å². The zero-order chi connectivity index (χ0) is 29.6. The van der Waals surface area contributed by atoms with Crippen molar-refractivity contribution in [1.82, 2.24) is 19.7 Å². The second-order valence-corrected chi connectivity index (χ2v) is 10.7. The Morgan fingerprint density at radius 1 is 0.929 bits per heavy atom. The van der Waals surface area contributed by atoms with Crippen LogP contribution >= 0.6 is 35.0 Å². The summed E-state index contributed by atoms with van der Waals surface area (Å²) >= 11 is 14.6. The first kappa shape index (κ1) is 29.7. The molecule has 5 rings (SSSR count). The number of aliphatic hydroxyl groups is 2. The first-order chi connectivity index (χ1) is 20.4. The number of aromatic nitrogens is 4. The maximum atomic E-state index is 11.5. The van der Waals surface area contributed by atoms with Crippen LogP contribution in [0.2, 0.25) is 10.0 Å². The lowest BCUT2D eigenvalue weighted by molar-refractivity contribution is 0.0536. The Kier molecular flexibility index (Phi) is 9.51. The van der Waals surface area contributed by atoms with Crippen LogP contribution in [0.15, 0.2) is 84.1 Å². The second kappa shape index (κ2) is 13.5. The lowest BCUT2D eigenvalue weighted by Gasteiger charge is -2.13. The number of hydrogen-bond donors (Lipinski definition) is 3. The van der Waals surface area contributed by atoms with Gasteiger partial charge in [0, 0.05) is 11.8 Å². The average Bonchev–Trinajstić information content (AvgIpc) is 3.35. The Labute approximate surface area is 256 Å². The van der Waals surface area contributed by atoms with E-state index in [0.717, 1.165) is 10.3 Å². The van der Waals surface area contributed by atoms with Crippen molar-refractivity contribution >= 4 is 35.0 Å². The fourth-order valence-electron chi connectivity index (χ4n) is 4.14. The number of benzene rings is 3. The molecule has 2 heterocycles. The van der Waals surface area contributed by atoms with Gasteiger partial charge in [0.15, 0.2) is 11.0 Å². The molecule has 2 aromatic heterocycles. The van der Waals surface area contributed by atoms with Crippen LogP contribution in [-0.4, -0.2) is 60.7 Å². The van der Waals surface area contributed by atoms with E-state index in [4.69, 9.17) is 42.8 Å². The highest BCUT2D eigenvalue weighted by atomic mass is 35.5. The number of rotatable bonds is 11. The molecule has 12 heteroatoms. The summed E-state index contributed by atoms with van der Waals surface area (Å²) in [4.78, 5) is 13.6. The largest absolute Gasteiger partial charge is 0.491 e. The summed E-state index contributed by atoms with van der Waals surface area (Å²) in [7, 11) is 0. The third-order valence-corrected chi connectivity index (χ3v) is 7.32. The first-order valence-corrected chi connectivity index (χ1v) is 14.7. The van der Waals surface area contributed by atoms with Crippen LogP contribution in [0.1, 0.15) is 5.56 Å². The lowest BCUT2D eigenvalue weighted by Crippen LogP contribution is -2.21. The smallest absolute Gasteiger partial charge is 0.187 e. The van der Waals surface area contributed by atoms with Crippen molar-refractivity contribution in [2.45, 2.75) is 17.9 Å². The van der Waals surface area contributed by atoms with Gasteiger partial charge >= 0.3 is 0 Å². The lowest BCUT2D eigenvalue weighted by atomic mass is 10.1. The van der Waals surface area contributed by atoms with Gasteiger partial charge in [-0.1, -0.05) is 77.4 Å². The summed E-state index contributed by atoms with van der Waals surface area (Å²) in [5.74, 6) is 0.977. The number of ether oxygens (including phenoxy) is 2. The number of nitrogens with zero attached hydrogens (tertiary/aromatic N) is 4. The summed E-state index contributed by atoms with van der Waals surface area (Å²) in [5.41, 5.74) is 3.12. The van der Waals surface area contributed by atoms with Crippen molar-refractivity contribution in [3.8, 4) is 45.5 Å². The molecule has 0 fully saturated rings. The van der Waals surface area contributed by atoms with Crippen LogP contribution in [0.25, 0.3) is 34.0 Å². The van der Waals surface area contributed by atoms with Crippen LogP contribution in [0, 0.1) is 0 Å². The van der Waals surface area contributed by atoms with E-state index < -0.39 is 12.7 Å². The Bertz CT molecular complexity index is 1660. The van der Waals surface area contributed by atoms with Crippen molar-refractivity contribution in [2.24, 2.45) is 0 Å². The number of hydrogen-bond acceptors (Lipinski definition) is 9. The maximum Gasteiger partial charge on any atom is 0.187 e. The fourth-order valence-corrected chi connectivity index (χ4v) is 5.13. The van der Waals surface area contributed by atoms with Gasteiger partial charge in [0.2, 0.25) is 0 Å². The van der Waals surface area contributed by atoms with E-state index >= 15 is 0 Å². The minimum Gasteiger partial charge on any atom is -0.491 e. The van der Waals surface area contributed by atoms with Gasteiger partial charge < -0.3 is 24.9 Å². The van der Waals surface area contributed by atoms with Crippen LogP contribution in [0.3, 0.4) is 0 Å². The van der Waals surface area contributed by atoms with Crippen LogP contribution < -0.4 is 9.47 Å². The van der Waals surface area contributed by atoms with Crippen molar-refractivity contribution in [3.05, 3.63) is 94.6 Å². The monoisotopic (exact) mass is 624 g/mol. The number of halogens is 2. The molecular weight excluding hydrogens is 599 g/mol. The molecule has 0 aliphatic heterocycles. The SMILES string of the molecule is CSc1nccc(-c2c(-c3cccc(OCc4ccccc4)c3)nc(-c3c(Cl)cc(OCC(O)CO)cc3Cl)n2O)n1. The van der Waals surface area contributed by atoms with Gasteiger partial charge in [-0.05, 0) is 42.2 Å². The molecule has 9 nitrogen and oxygen atoms in total.